The summed E-state index contributed by atoms with van der Waals surface area (Å²) >= 11 is 0. The molecule has 1 fully saturated rings. The number of benzene rings is 2. The van der Waals surface area contributed by atoms with E-state index in [2.05, 4.69) is 0 Å². The molecule has 2 atom stereocenters. The molecule has 30 heavy (non-hydrogen) atoms. The highest BCUT2D eigenvalue weighted by Crippen LogP contribution is 2.30. The first kappa shape index (κ1) is 22.6. The van der Waals surface area contributed by atoms with Gasteiger partial charge in [0.1, 0.15) is 12.2 Å². The molecule has 1 aliphatic rings. The molecule has 1 saturated heterocycles. The summed E-state index contributed by atoms with van der Waals surface area (Å²) < 4.78 is 66.4. The van der Waals surface area contributed by atoms with Gasteiger partial charge in [-0.1, -0.05) is 35.9 Å². The van der Waals surface area contributed by atoms with E-state index in [1.54, 1.807) is 44.2 Å². The van der Waals surface area contributed by atoms with Crippen LogP contribution in [0.15, 0.2) is 75.9 Å². The van der Waals surface area contributed by atoms with Crippen molar-refractivity contribution in [2.75, 3.05) is 6.61 Å². The quantitative estimate of drug-likeness (QED) is 0.595. The van der Waals surface area contributed by atoms with Crippen LogP contribution in [0.2, 0.25) is 0 Å². The van der Waals surface area contributed by atoms with Crippen molar-refractivity contribution in [3.8, 4) is 0 Å². The van der Waals surface area contributed by atoms with Gasteiger partial charge in [-0.2, -0.15) is 8.42 Å². The van der Waals surface area contributed by atoms with Crippen LogP contribution in [-0.4, -0.2) is 41.4 Å². The zero-order valence-electron chi connectivity index (χ0n) is 16.9. The monoisotopic (exact) mass is 452 g/mol. The topological polar surface area (TPSA) is 96.0 Å². The maximum Gasteiger partial charge on any atom is 0.297 e. The van der Waals surface area contributed by atoms with Crippen LogP contribution in [-0.2, 0) is 33.6 Å². The molecule has 0 N–H and O–H groups in total. The Hall–Kier alpha value is -2.04. The Bertz CT molecular complexity index is 1100. The zero-order chi connectivity index (χ0) is 22.0. The molecule has 7 nitrogen and oxygen atoms in total. The summed E-state index contributed by atoms with van der Waals surface area (Å²) in [7, 11) is -7.66. The lowest BCUT2D eigenvalue weighted by Crippen LogP contribution is -2.28. The average Bonchev–Trinajstić information content (AvgIpc) is 3.00. The van der Waals surface area contributed by atoms with Gasteiger partial charge in [-0.3, -0.25) is 4.18 Å². The number of ether oxygens (including phenoxy) is 2. The van der Waals surface area contributed by atoms with E-state index in [1.165, 1.54) is 30.3 Å². The van der Waals surface area contributed by atoms with E-state index in [4.69, 9.17) is 13.7 Å². The van der Waals surface area contributed by atoms with Crippen LogP contribution in [0.25, 0.3) is 0 Å². The normalized spacial score (nSPS) is 21.8. The number of hydrogen-bond donors (Lipinski definition) is 0. The molecule has 9 heteroatoms. The van der Waals surface area contributed by atoms with Crippen molar-refractivity contribution >= 4 is 20.0 Å². The molecule has 0 saturated carbocycles. The number of rotatable bonds is 7. The second-order valence-corrected chi connectivity index (χ2v) is 10.8. The van der Waals surface area contributed by atoms with Crippen molar-refractivity contribution in [3.05, 3.63) is 71.6 Å². The molecular formula is C21H24O7S2. The Kier molecular flexibility index (Phi) is 6.49. The van der Waals surface area contributed by atoms with Crippen molar-refractivity contribution in [3.63, 3.8) is 0 Å². The molecular weight excluding hydrogens is 428 g/mol. The van der Waals surface area contributed by atoms with E-state index in [0.717, 1.165) is 11.0 Å². The van der Waals surface area contributed by atoms with Gasteiger partial charge in [0.2, 0.25) is 0 Å². The smallest absolute Gasteiger partial charge is 0.297 e. The number of hydrogen-bond acceptors (Lipinski definition) is 7. The third-order valence-corrected chi connectivity index (χ3v) is 7.18. The van der Waals surface area contributed by atoms with Crippen LogP contribution in [0.4, 0.5) is 0 Å². The second-order valence-electron chi connectivity index (χ2n) is 7.38. The van der Waals surface area contributed by atoms with Gasteiger partial charge in [-0.15, -0.1) is 0 Å². The highest BCUT2D eigenvalue weighted by atomic mass is 32.2. The summed E-state index contributed by atoms with van der Waals surface area (Å²) in [5.74, 6) is -1.02. The van der Waals surface area contributed by atoms with E-state index in [-0.39, 0.29) is 16.4 Å². The molecule has 2 aromatic rings. The maximum atomic E-state index is 12.5. The Morgan fingerprint density at radius 2 is 1.57 bits per heavy atom. The largest absolute Gasteiger partial charge is 0.342 e. The van der Waals surface area contributed by atoms with Gasteiger partial charge in [0.15, 0.2) is 15.6 Å². The van der Waals surface area contributed by atoms with E-state index in [9.17, 15) is 16.8 Å². The lowest BCUT2D eigenvalue weighted by molar-refractivity contribution is -0.145. The molecule has 1 heterocycles. The summed E-state index contributed by atoms with van der Waals surface area (Å²) in [5, 5.41) is 1.04. The Balaban J connectivity index is 1.74. The minimum atomic E-state index is -3.99. The maximum absolute atomic E-state index is 12.5. The lowest BCUT2D eigenvalue weighted by atomic mass is 10.2. The van der Waals surface area contributed by atoms with Crippen LogP contribution in [0.3, 0.4) is 0 Å². The molecule has 0 unspecified atom stereocenters. The summed E-state index contributed by atoms with van der Waals surface area (Å²) in [6, 6.07) is 14.2. The number of sulfone groups is 1. The summed E-state index contributed by atoms with van der Waals surface area (Å²) in [5.41, 5.74) is 0.924. The van der Waals surface area contributed by atoms with Gasteiger partial charge >= 0.3 is 0 Å². The van der Waals surface area contributed by atoms with E-state index >= 15 is 0 Å². The summed E-state index contributed by atoms with van der Waals surface area (Å²) in [4.78, 5) is 0.180. The van der Waals surface area contributed by atoms with Crippen molar-refractivity contribution in [1.29, 1.82) is 0 Å². The second kappa shape index (κ2) is 8.60. The molecule has 0 radical (unpaired) electrons. The first-order chi connectivity index (χ1) is 14.0. The van der Waals surface area contributed by atoms with Crippen LogP contribution < -0.4 is 0 Å². The first-order valence-corrected chi connectivity index (χ1v) is 12.2. The fraction of sp³-hybridized carbons (Fsp3) is 0.333. The molecule has 0 spiro atoms. The van der Waals surface area contributed by atoms with Gasteiger partial charge in [0, 0.05) is 5.41 Å². The van der Waals surface area contributed by atoms with Crippen molar-refractivity contribution in [2.24, 2.45) is 0 Å². The summed E-state index contributed by atoms with van der Waals surface area (Å²) in [6.45, 7) is 4.85. The van der Waals surface area contributed by atoms with Crippen molar-refractivity contribution < 1.29 is 30.5 Å². The first-order valence-electron chi connectivity index (χ1n) is 9.29. The Labute approximate surface area is 177 Å². The van der Waals surface area contributed by atoms with E-state index in [0.29, 0.717) is 0 Å². The zero-order valence-corrected chi connectivity index (χ0v) is 18.5. The highest BCUT2D eigenvalue weighted by Gasteiger charge is 2.41. The van der Waals surface area contributed by atoms with Gasteiger partial charge in [-0.05, 0) is 51.1 Å². The van der Waals surface area contributed by atoms with Crippen LogP contribution in [0.1, 0.15) is 19.4 Å². The minimum absolute atomic E-state index is 0.0324. The minimum Gasteiger partial charge on any atom is -0.342 e. The molecule has 3 rings (SSSR count). The molecule has 162 valence electrons. The van der Waals surface area contributed by atoms with E-state index < -0.39 is 38.0 Å². The SMILES string of the molecule is Cc1ccc(S(=O)(=O)OC[C@H]2OC(C)(C)O[C@H]2/C=C\S(=O)(=O)c2ccccc2)cc1. The molecule has 0 aliphatic carbocycles. The van der Waals surface area contributed by atoms with Crippen molar-refractivity contribution in [2.45, 2.75) is 48.6 Å². The average molecular weight is 453 g/mol. The highest BCUT2D eigenvalue weighted by molar-refractivity contribution is 7.94. The standard InChI is InChI=1S/C21H24O7S2/c1-16-9-11-18(12-10-16)30(24,25)26-15-20-19(27-21(2,3)28-20)13-14-29(22,23)17-7-5-4-6-8-17/h4-14,19-20H,15H2,1-3H3/b14-13-/t19-,20+/m0/s1. The summed E-state index contributed by atoms with van der Waals surface area (Å²) in [6.07, 6.45) is -0.252. The predicted octanol–water partition coefficient (Wildman–Crippen LogP) is 3.21. The molecule has 2 aromatic carbocycles. The fourth-order valence-electron chi connectivity index (χ4n) is 2.95. The predicted molar refractivity (Wildman–Crippen MR) is 111 cm³/mol. The lowest BCUT2D eigenvalue weighted by Gasteiger charge is -2.16. The number of aryl methyl sites for hydroxylation is 1. The van der Waals surface area contributed by atoms with E-state index in [1.807, 2.05) is 6.92 Å². The van der Waals surface area contributed by atoms with Gasteiger partial charge in [-0.25, -0.2) is 8.42 Å². The molecule has 1 aliphatic heterocycles. The van der Waals surface area contributed by atoms with Gasteiger partial charge in [0.25, 0.3) is 10.1 Å². The van der Waals surface area contributed by atoms with Crippen molar-refractivity contribution in [1.82, 2.24) is 0 Å². The van der Waals surface area contributed by atoms with Crippen LogP contribution in [0.5, 0.6) is 0 Å². The fourth-order valence-corrected chi connectivity index (χ4v) is 4.93. The Morgan fingerprint density at radius 1 is 0.933 bits per heavy atom. The van der Waals surface area contributed by atoms with Crippen LogP contribution in [0, 0.1) is 6.92 Å². The third-order valence-electron chi connectivity index (χ3n) is 4.44. The van der Waals surface area contributed by atoms with Gasteiger partial charge < -0.3 is 9.47 Å². The van der Waals surface area contributed by atoms with Gasteiger partial charge in [0.05, 0.1) is 16.4 Å². The molecule has 0 aromatic heterocycles. The molecule has 0 amide bonds. The Morgan fingerprint density at radius 3 is 2.20 bits per heavy atom. The van der Waals surface area contributed by atoms with Crippen LogP contribution >= 0.6 is 0 Å². The third kappa shape index (κ3) is 5.55. The molecule has 0 bridgehead atoms.